The Balaban J connectivity index is 2.17. The Bertz CT molecular complexity index is 824. The number of amides is 3. The highest BCUT2D eigenvalue weighted by Gasteiger charge is 2.38. The summed E-state index contributed by atoms with van der Waals surface area (Å²) in [4.78, 5) is 41.3. The molecule has 0 saturated heterocycles. The van der Waals surface area contributed by atoms with Crippen molar-refractivity contribution in [3.63, 3.8) is 0 Å². The predicted molar refractivity (Wildman–Crippen MR) is 109 cm³/mol. The maximum absolute atomic E-state index is 12.7. The van der Waals surface area contributed by atoms with Gasteiger partial charge in [-0.3, -0.25) is 14.5 Å². The van der Waals surface area contributed by atoms with Crippen molar-refractivity contribution in [2.75, 3.05) is 13.1 Å². The van der Waals surface area contributed by atoms with Gasteiger partial charge in [0.05, 0.1) is 23.8 Å². The summed E-state index contributed by atoms with van der Waals surface area (Å²) in [5.74, 6) is -1.34. The van der Waals surface area contributed by atoms with Crippen LogP contribution in [0.2, 0.25) is 0 Å². The molecule has 1 aromatic carbocycles. The van der Waals surface area contributed by atoms with Crippen LogP contribution in [0, 0.1) is 5.92 Å². The Kier molecular flexibility index (Phi) is 7.42. The van der Waals surface area contributed by atoms with Crippen LogP contribution in [-0.2, 0) is 4.74 Å². The van der Waals surface area contributed by atoms with E-state index in [1.54, 1.807) is 52.0 Å². The van der Waals surface area contributed by atoms with E-state index < -0.39 is 41.6 Å². The van der Waals surface area contributed by atoms with Crippen LogP contribution < -0.4 is 5.32 Å². The lowest BCUT2D eigenvalue weighted by Crippen LogP contribution is -2.47. The average molecular weight is 417 g/mol. The van der Waals surface area contributed by atoms with E-state index in [4.69, 9.17) is 10.3 Å². The average Bonchev–Trinajstić information content (AvgIpc) is 2.89. The molecule has 0 bridgehead atoms. The van der Waals surface area contributed by atoms with Gasteiger partial charge in [-0.05, 0) is 57.7 Å². The molecule has 3 atom stereocenters. The van der Waals surface area contributed by atoms with Gasteiger partial charge in [0.2, 0.25) is 0 Å². The largest absolute Gasteiger partial charge is 0.444 e. The lowest BCUT2D eigenvalue weighted by molar-refractivity contribution is 0.0451. The second kappa shape index (κ2) is 9.60. The maximum atomic E-state index is 12.7. The van der Waals surface area contributed by atoms with Crippen LogP contribution in [0.4, 0.5) is 4.79 Å². The quantitative estimate of drug-likeness (QED) is 0.289. The monoisotopic (exact) mass is 417 g/mol. The summed E-state index contributed by atoms with van der Waals surface area (Å²) in [5, 5.41) is 16.3. The van der Waals surface area contributed by atoms with E-state index in [-0.39, 0.29) is 19.5 Å². The number of carbonyl (C=O) groups is 3. The molecule has 3 amide bonds. The van der Waals surface area contributed by atoms with Crippen LogP contribution >= 0.6 is 0 Å². The van der Waals surface area contributed by atoms with Gasteiger partial charge in [0.25, 0.3) is 11.8 Å². The Labute approximate surface area is 174 Å². The molecule has 1 heterocycles. The molecule has 1 aliphatic rings. The van der Waals surface area contributed by atoms with Crippen LogP contribution in [0.5, 0.6) is 0 Å². The minimum absolute atomic E-state index is 0.0172. The van der Waals surface area contributed by atoms with Gasteiger partial charge in [-0.25, -0.2) is 4.79 Å². The van der Waals surface area contributed by atoms with E-state index >= 15 is 0 Å². The van der Waals surface area contributed by atoms with E-state index in [0.29, 0.717) is 11.1 Å². The highest BCUT2D eigenvalue weighted by Crippen LogP contribution is 2.25. The number of imide groups is 1. The lowest BCUT2D eigenvalue weighted by Gasteiger charge is -2.30. The molecule has 0 aliphatic carbocycles. The fourth-order valence-corrected chi connectivity index (χ4v) is 3.24. The molecule has 0 saturated carbocycles. The third-order valence-corrected chi connectivity index (χ3v) is 4.68. The molecule has 30 heavy (non-hydrogen) atoms. The van der Waals surface area contributed by atoms with Crippen molar-refractivity contribution < 1.29 is 24.2 Å². The van der Waals surface area contributed by atoms with Gasteiger partial charge in [-0.2, -0.15) is 0 Å². The summed E-state index contributed by atoms with van der Waals surface area (Å²) in [7, 11) is 0. The van der Waals surface area contributed by atoms with Gasteiger partial charge in [0.1, 0.15) is 5.60 Å². The third kappa shape index (κ3) is 5.95. The van der Waals surface area contributed by atoms with Crippen molar-refractivity contribution in [2.24, 2.45) is 11.0 Å². The topological polar surface area (TPSA) is 145 Å². The van der Waals surface area contributed by atoms with Gasteiger partial charge in [0.15, 0.2) is 0 Å². The van der Waals surface area contributed by atoms with Crippen molar-refractivity contribution in [3.05, 3.63) is 45.8 Å². The number of nitrogens with one attached hydrogen (secondary N) is 1. The molecular weight excluding hydrogens is 390 g/mol. The number of hydrogen-bond donors (Lipinski definition) is 2. The first-order valence-corrected chi connectivity index (χ1v) is 9.67. The molecule has 1 unspecified atom stereocenters. The van der Waals surface area contributed by atoms with Gasteiger partial charge >= 0.3 is 6.09 Å². The molecule has 0 aromatic heterocycles. The zero-order chi connectivity index (χ0) is 22.5. The predicted octanol–water partition coefficient (Wildman–Crippen LogP) is 2.87. The number of benzene rings is 1. The number of carbonyl (C=O) groups excluding carboxylic acids is 3. The van der Waals surface area contributed by atoms with E-state index in [1.807, 2.05) is 0 Å². The number of hydrogen-bond acceptors (Lipinski definition) is 6. The molecule has 2 N–H and O–H groups in total. The number of aliphatic hydroxyl groups excluding tert-OH is 1. The van der Waals surface area contributed by atoms with Crippen molar-refractivity contribution >= 4 is 17.9 Å². The van der Waals surface area contributed by atoms with Crippen molar-refractivity contribution in [3.8, 4) is 0 Å². The molecular formula is C20H27N5O5. The molecule has 10 nitrogen and oxygen atoms in total. The summed E-state index contributed by atoms with van der Waals surface area (Å²) in [5.41, 5.74) is 8.42. The minimum atomic E-state index is -0.996. The van der Waals surface area contributed by atoms with Crippen molar-refractivity contribution in [1.29, 1.82) is 0 Å². The van der Waals surface area contributed by atoms with Crippen LogP contribution in [0.1, 0.15) is 54.8 Å². The molecule has 2 rings (SSSR count). The summed E-state index contributed by atoms with van der Waals surface area (Å²) >= 11 is 0. The number of fused-ring (bicyclic) bond motifs is 1. The fourth-order valence-electron chi connectivity index (χ4n) is 3.24. The first kappa shape index (κ1) is 23.2. The smallest absolute Gasteiger partial charge is 0.407 e. The summed E-state index contributed by atoms with van der Waals surface area (Å²) in [6, 6.07) is 6.00. The summed E-state index contributed by atoms with van der Waals surface area (Å²) < 4.78 is 5.26. The number of rotatable bonds is 8. The molecule has 1 aromatic rings. The zero-order valence-corrected chi connectivity index (χ0v) is 17.5. The molecule has 1 aliphatic heterocycles. The van der Waals surface area contributed by atoms with Gasteiger partial charge in [-0.1, -0.05) is 17.2 Å². The zero-order valence-electron chi connectivity index (χ0n) is 17.5. The van der Waals surface area contributed by atoms with Gasteiger partial charge < -0.3 is 15.2 Å². The molecule has 0 spiro atoms. The lowest BCUT2D eigenvalue weighted by atomic mass is 9.93. The number of ether oxygens (including phenoxy) is 1. The van der Waals surface area contributed by atoms with E-state index in [0.717, 1.165) is 4.90 Å². The first-order valence-electron chi connectivity index (χ1n) is 9.67. The van der Waals surface area contributed by atoms with E-state index in [9.17, 15) is 19.5 Å². The van der Waals surface area contributed by atoms with Crippen LogP contribution in [0.25, 0.3) is 10.4 Å². The standard InChI is InChI=1S/C20H27N5O5/c1-12(23-19(29)30-20(2,3)4)13(9-14(26)10-22-24-21)11-25-17(27)15-7-5-6-8-16(15)18(25)28/h5-8,12-14,26H,9-11H2,1-4H3,(H,23,29)/t12-,13+,14?/m1/s1. The SMILES string of the molecule is C[C@@H](NC(=O)OC(C)(C)C)[C@@H](CC(O)CN=[N+]=[N-])CN1C(=O)c2ccccc2C1=O. The molecule has 0 radical (unpaired) electrons. The van der Waals surface area contributed by atoms with Crippen molar-refractivity contribution in [1.82, 2.24) is 10.2 Å². The van der Waals surface area contributed by atoms with Crippen molar-refractivity contribution in [2.45, 2.75) is 51.9 Å². The third-order valence-electron chi connectivity index (χ3n) is 4.68. The second-order valence-electron chi connectivity index (χ2n) is 8.26. The Hall–Kier alpha value is -3.10. The molecule has 0 fully saturated rings. The maximum Gasteiger partial charge on any atom is 0.407 e. The van der Waals surface area contributed by atoms with Gasteiger partial charge in [-0.15, -0.1) is 0 Å². The Morgan fingerprint density at radius 2 is 1.83 bits per heavy atom. The Morgan fingerprint density at radius 1 is 1.27 bits per heavy atom. The number of aliphatic hydroxyl groups is 1. The normalized spacial score (nSPS) is 16.4. The van der Waals surface area contributed by atoms with Crippen LogP contribution in [0.3, 0.4) is 0 Å². The summed E-state index contributed by atoms with van der Waals surface area (Å²) in [6.07, 6.45) is -1.54. The fraction of sp³-hybridized carbons (Fsp3) is 0.550. The number of nitrogens with zero attached hydrogens (tertiary/aromatic N) is 4. The number of alkyl carbamates (subject to hydrolysis) is 1. The van der Waals surface area contributed by atoms with Crippen LogP contribution in [-0.4, -0.2) is 58.8 Å². The highest BCUT2D eigenvalue weighted by atomic mass is 16.6. The summed E-state index contributed by atoms with van der Waals surface area (Å²) in [6.45, 7) is 6.73. The van der Waals surface area contributed by atoms with Gasteiger partial charge in [0, 0.05) is 17.5 Å². The van der Waals surface area contributed by atoms with Crippen LogP contribution in [0.15, 0.2) is 29.4 Å². The number of azide groups is 1. The van der Waals surface area contributed by atoms with E-state index in [2.05, 4.69) is 15.3 Å². The Morgan fingerprint density at radius 3 is 2.33 bits per heavy atom. The second-order valence-corrected chi connectivity index (χ2v) is 8.26. The highest BCUT2D eigenvalue weighted by molar-refractivity contribution is 6.21. The first-order chi connectivity index (χ1) is 14.0. The van der Waals surface area contributed by atoms with E-state index in [1.165, 1.54) is 0 Å². The molecule has 162 valence electrons. The molecule has 10 heteroatoms. The minimum Gasteiger partial charge on any atom is -0.444 e.